The lowest BCUT2D eigenvalue weighted by atomic mass is 10.1. The second-order valence-corrected chi connectivity index (χ2v) is 4.58. The van der Waals surface area contributed by atoms with Gasteiger partial charge in [0.05, 0.1) is 6.16 Å². The Balaban J connectivity index is 2.84. The Morgan fingerprint density at radius 3 is 2.21 bits per heavy atom. The lowest BCUT2D eigenvalue weighted by Crippen LogP contribution is -2.10. The predicted molar refractivity (Wildman–Crippen MR) is 53.2 cm³/mol. The van der Waals surface area contributed by atoms with E-state index in [1.807, 2.05) is 0 Å². The first kappa shape index (κ1) is 10.9. The largest absolute Gasteiger partial charge is 0.384 e. The molecule has 5 N–H and O–H groups in total. The summed E-state index contributed by atoms with van der Waals surface area (Å²) in [6.07, 6.45) is -0.287. The summed E-state index contributed by atoms with van der Waals surface area (Å²) in [6.45, 7) is 0. The summed E-state index contributed by atoms with van der Waals surface area (Å²) >= 11 is 0. The summed E-state index contributed by atoms with van der Waals surface area (Å²) in [5.74, 6) is -0.0623. The fraction of sp³-hybridized carbons (Fsp3) is 0.125. The molecule has 0 saturated carbocycles. The van der Waals surface area contributed by atoms with Crippen LogP contribution in [0.2, 0.25) is 0 Å². The van der Waals surface area contributed by atoms with Crippen molar-refractivity contribution in [1.82, 2.24) is 0 Å². The van der Waals surface area contributed by atoms with Gasteiger partial charge in [-0.05, 0) is 5.56 Å². The molecule has 0 bridgehead atoms. The standard InChI is InChI=1S/C8H11N2O3P/c9-8(10)7-3-1-6(2-4-7)5-14(11,12)13/h1-4H,5H2,(H3,9,10)(H2,11,12,13). The van der Waals surface area contributed by atoms with Crippen LogP contribution in [0.1, 0.15) is 11.1 Å². The van der Waals surface area contributed by atoms with Crippen molar-refractivity contribution in [2.45, 2.75) is 6.16 Å². The molecule has 0 amide bonds. The number of benzene rings is 1. The second-order valence-electron chi connectivity index (χ2n) is 2.93. The molecule has 76 valence electrons. The minimum Gasteiger partial charge on any atom is -0.384 e. The van der Waals surface area contributed by atoms with Crippen molar-refractivity contribution in [3.63, 3.8) is 0 Å². The van der Waals surface area contributed by atoms with Crippen molar-refractivity contribution in [2.24, 2.45) is 5.73 Å². The zero-order valence-electron chi connectivity index (χ0n) is 7.34. The maximum atomic E-state index is 10.6. The fourth-order valence-electron chi connectivity index (χ4n) is 1.03. The number of nitrogens with one attached hydrogen (secondary N) is 1. The molecule has 1 aromatic carbocycles. The summed E-state index contributed by atoms with van der Waals surface area (Å²) < 4.78 is 10.6. The van der Waals surface area contributed by atoms with Crippen molar-refractivity contribution in [1.29, 1.82) is 5.41 Å². The van der Waals surface area contributed by atoms with Crippen LogP contribution in [0.5, 0.6) is 0 Å². The zero-order chi connectivity index (χ0) is 10.8. The van der Waals surface area contributed by atoms with Gasteiger partial charge in [0.15, 0.2) is 0 Å². The third-order valence-electron chi connectivity index (χ3n) is 1.65. The fourth-order valence-corrected chi connectivity index (χ4v) is 1.71. The molecule has 0 aromatic heterocycles. The van der Waals surface area contributed by atoms with E-state index < -0.39 is 7.60 Å². The minimum atomic E-state index is -4.01. The van der Waals surface area contributed by atoms with Gasteiger partial charge in [0.2, 0.25) is 0 Å². The van der Waals surface area contributed by atoms with Crippen LogP contribution in [-0.4, -0.2) is 15.6 Å². The Bertz CT molecular complexity index is 382. The van der Waals surface area contributed by atoms with Crippen LogP contribution in [0, 0.1) is 5.41 Å². The van der Waals surface area contributed by atoms with E-state index in [0.29, 0.717) is 11.1 Å². The third kappa shape index (κ3) is 3.30. The summed E-state index contributed by atoms with van der Waals surface area (Å²) in [4.78, 5) is 17.4. The Labute approximate surface area is 81.2 Å². The van der Waals surface area contributed by atoms with Crippen LogP contribution < -0.4 is 5.73 Å². The number of hydrogen-bond donors (Lipinski definition) is 4. The van der Waals surface area contributed by atoms with Gasteiger partial charge in [-0.25, -0.2) is 0 Å². The van der Waals surface area contributed by atoms with E-state index in [2.05, 4.69) is 0 Å². The number of nitrogen functional groups attached to an aromatic ring is 1. The van der Waals surface area contributed by atoms with Gasteiger partial charge >= 0.3 is 7.60 Å². The van der Waals surface area contributed by atoms with Gasteiger partial charge < -0.3 is 15.5 Å². The van der Waals surface area contributed by atoms with E-state index in [-0.39, 0.29) is 12.0 Å². The highest BCUT2D eigenvalue weighted by atomic mass is 31.2. The van der Waals surface area contributed by atoms with Crippen LogP contribution in [0.15, 0.2) is 24.3 Å². The van der Waals surface area contributed by atoms with Crippen molar-refractivity contribution in [2.75, 3.05) is 0 Å². The SMILES string of the molecule is N=C(N)c1ccc(CP(=O)(O)O)cc1. The molecular formula is C8H11N2O3P. The molecule has 0 spiro atoms. The predicted octanol–water partition coefficient (Wildman–Crippen LogP) is 0.648. The van der Waals surface area contributed by atoms with Crippen LogP contribution in [0.3, 0.4) is 0 Å². The molecule has 0 heterocycles. The minimum absolute atomic E-state index is 0.0623. The van der Waals surface area contributed by atoms with Crippen molar-refractivity contribution >= 4 is 13.4 Å². The highest BCUT2D eigenvalue weighted by Gasteiger charge is 2.13. The quantitative estimate of drug-likeness (QED) is 0.336. The topological polar surface area (TPSA) is 107 Å². The van der Waals surface area contributed by atoms with Crippen LogP contribution in [-0.2, 0) is 10.7 Å². The molecule has 5 nitrogen and oxygen atoms in total. The van der Waals surface area contributed by atoms with E-state index in [9.17, 15) is 4.57 Å². The Morgan fingerprint density at radius 1 is 1.36 bits per heavy atom. The lowest BCUT2D eigenvalue weighted by Gasteiger charge is -2.04. The van der Waals surface area contributed by atoms with Crippen molar-refractivity contribution in [3.8, 4) is 0 Å². The van der Waals surface area contributed by atoms with Crippen molar-refractivity contribution < 1.29 is 14.4 Å². The molecular weight excluding hydrogens is 203 g/mol. The molecule has 0 unspecified atom stereocenters. The first-order valence-corrected chi connectivity index (χ1v) is 5.66. The molecule has 0 fully saturated rings. The molecule has 1 aromatic rings. The number of nitrogens with two attached hydrogens (primary N) is 1. The number of hydrogen-bond acceptors (Lipinski definition) is 2. The van der Waals surface area contributed by atoms with Crippen LogP contribution in [0.4, 0.5) is 0 Å². The average molecular weight is 214 g/mol. The summed E-state index contributed by atoms with van der Waals surface area (Å²) in [6, 6.07) is 6.23. The van der Waals surface area contributed by atoms with E-state index in [1.165, 1.54) is 0 Å². The normalized spacial score (nSPS) is 11.3. The third-order valence-corrected chi connectivity index (χ3v) is 2.43. The van der Waals surface area contributed by atoms with Gasteiger partial charge in [-0.2, -0.15) is 0 Å². The maximum absolute atomic E-state index is 10.6. The van der Waals surface area contributed by atoms with Gasteiger partial charge in [-0.15, -0.1) is 0 Å². The number of rotatable bonds is 3. The second kappa shape index (κ2) is 3.92. The molecule has 1 rings (SSSR count). The Hall–Kier alpha value is -1.16. The van der Waals surface area contributed by atoms with Crippen LogP contribution >= 0.6 is 7.60 Å². The van der Waals surface area contributed by atoms with E-state index in [4.69, 9.17) is 20.9 Å². The van der Waals surface area contributed by atoms with Gasteiger partial charge in [0.25, 0.3) is 0 Å². The number of amidine groups is 1. The van der Waals surface area contributed by atoms with Gasteiger partial charge in [-0.1, -0.05) is 24.3 Å². The molecule has 0 aliphatic rings. The van der Waals surface area contributed by atoms with Gasteiger partial charge in [0, 0.05) is 5.56 Å². The Morgan fingerprint density at radius 2 is 1.86 bits per heavy atom. The zero-order valence-corrected chi connectivity index (χ0v) is 8.24. The molecule has 0 aliphatic heterocycles. The van der Waals surface area contributed by atoms with E-state index in [1.54, 1.807) is 24.3 Å². The summed E-state index contributed by atoms with van der Waals surface area (Å²) in [5, 5.41) is 7.11. The molecule has 0 radical (unpaired) electrons. The molecule has 14 heavy (non-hydrogen) atoms. The van der Waals surface area contributed by atoms with Gasteiger partial charge in [0.1, 0.15) is 5.84 Å². The van der Waals surface area contributed by atoms with Crippen LogP contribution in [0.25, 0.3) is 0 Å². The highest BCUT2D eigenvalue weighted by molar-refractivity contribution is 7.50. The molecule has 0 atom stereocenters. The first-order chi connectivity index (χ1) is 6.38. The van der Waals surface area contributed by atoms with Crippen molar-refractivity contribution in [3.05, 3.63) is 35.4 Å². The average Bonchev–Trinajstić information content (AvgIpc) is 2.02. The maximum Gasteiger partial charge on any atom is 0.329 e. The first-order valence-electron chi connectivity index (χ1n) is 3.86. The molecule has 0 aliphatic carbocycles. The van der Waals surface area contributed by atoms with E-state index in [0.717, 1.165) is 0 Å². The molecule has 6 heteroatoms. The van der Waals surface area contributed by atoms with Gasteiger partial charge in [-0.3, -0.25) is 9.97 Å². The highest BCUT2D eigenvalue weighted by Crippen LogP contribution is 2.38. The van der Waals surface area contributed by atoms with E-state index >= 15 is 0 Å². The molecule has 0 saturated heterocycles. The summed E-state index contributed by atoms with van der Waals surface area (Å²) in [5.41, 5.74) is 6.29. The monoisotopic (exact) mass is 214 g/mol. The summed E-state index contributed by atoms with van der Waals surface area (Å²) in [7, 11) is -4.01. The lowest BCUT2D eigenvalue weighted by molar-refractivity contribution is 0.371. The smallest absolute Gasteiger partial charge is 0.329 e. The Kier molecular flexibility index (Phi) is 3.06.